The van der Waals surface area contributed by atoms with Crippen molar-refractivity contribution in [1.29, 1.82) is 0 Å². The van der Waals surface area contributed by atoms with Gasteiger partial charge in [0.1, 0.15) is 5.82 Å². The summed E-state index contributed by atoms with van der Waals surface area (Å²) in [5.74, 6) is 0.749. The maximum absolute atomic E-state index is 12.1. The van der Waals surface area contributed by atoms with Crippen LogP contribution in [0, 0.1) is 0 Å². The number of nitrogens with zero attached hydrogens (tertiary/aromatic N) is 2. The van der Waals surface area contributed by atoms with Crippen molar-refractivity contribution in [2.75, 3.05) is 20.1 Å². The Labute approximate surface area is 124 Å². The fourth-order valence-corrected chi connectivity index (χ4v) is 3.02. The number of aromatic amines is 1. The summed E-state index contributed by atoms with van der Waals surface area (Å²) in [6, 6.07) is 8.04. The van der Waals surface area contributed by atoms with Crippen molar-refractivity contribution >= 4 is 10.9 Å². The van der Waals surface area contributed by atoms with E-state index in [-0.39, 0.29) is 5.56 Å². The molecule has 2 N–H and O–H groups in total. The second-order valence-electron chi connectivity index (χ2n) is 5.78. The van der Waals surface area contributed by atoms with Crippen molar-refractivity contribution in [2.45, 2.75) is 31.8 Å². The zero-order chi connectivity index (χ0) is 14.7. The Balaban J connectivity index is 1.79. The molecule has 1 aromatic heterocycles. The fourth-order valence-electron chi connectivity index (χ4n) is 3.02. The summed E-state index contributed by atoms with van der Waals surface area (Å²) in [4.78, 5) is 21.9. The molecule has 1 aliphatic heterocycles. The minimum Gasteiger partial charge on any atom is -0.317 e. The molecule has 1 saturated heterocycles. The van der Waals surface area contributed by atoms with E-state index < -0.39 is 0 Å². The third-order valence-electron chi connectivity index (χ3n) is 4.23. The third kappa shape index (κ3) is 3.31. The molecule has 1 aliphatic rings. The van der Waals surface area contributed by atoms with Crippen molar-refractivity contribution < 1.29 is 0 Å². The molecule has 0 aliphatic carbocycles. The number of nitrogens with one attached hydrogen (secondary N) is 2. The molecular formula is C16H22N4O. The second-order valence-corrected chi connectivity index (χ2v) is 5.78. The second kappa shape index (κ2) is 6.37. The molecule has 0 spiro atoms. The zero-order valence-corrected chi connectivity index (χ0v) is 12.4. The molecule has 0 radical (unpaired) electrons. The number of H-pyrrole nitrogens is 1. The largest absolute Gasteiger partial charge is 0.317 e. The van der Waals surface area contributed by atoms with Gasteiger partial charge in [0.05, 0.1) is 17.4 Å². The highest BCUT2D eigenvalue weighted by Crippen LogP contribution is 2.14. The lowest BCUT2D eigenvalue weighted by atomic mass is 10.1. The molecule has 112 valence electrons. The van der Waals surface area contributed by atoms with E-state index in [4.69, 9.17) is 0 Å². The lowest BCUT2D eigenvalue weighted by molar-refractivity contribution is 0.212. The van der Waals surface area contributed by atoms with Crippen molar-refractivity contribution in [1.82, 2.24) is 20.2 Å². The molecule has 5 nitrogen and oxygen atoms in total. The first-order valence-corrected chi connectivity index (χ1v) is 7.63. The van der Waals surface area contributed by atoms with Gasteiger partial charge in [-0.15, -0.1) is 0 Å². The van der Waals surface area contributed by atoms with Crippen LogP contribution in [0.3, 0.4) is 0 Å². The average Bonchev–Trinajstić information content (AvgIpc) is 2.76. The van der Waals surface area contributed by atoms with Crippen LogP contribution in [0.15, 0.2) is 29.1 Å². The Bertz CT molecular complexity index is 659. The number of hydrogen-bond acceptors (Lipinski definition) is 4. The number of para-hydroxylation sites is 1. The Morgan fingerprint density at radius 2 is 2.14 bits per heavy atom. The number of hydrogen-bond donors (Lipinski definition) is 2. The SMILES string of the molecule is CN(Cc1nc2ccccc2c(=O)[nH]1)C1CCCNCC1. The minimum atomic E-state index is -0.0495. The first kappa shape index (κ1) is 14.2. The van der Waals surface area contributed by atoms with Crippen LogP contribution >= 0.6 is 0 Å². The summed E-state index contributed by atoms with van der Waals surface area (Å²) in [6.07, 6.45) is 3.55. The molecule has 0 amide bonds. The molecule has 1 unspecified atom stereocenters. The standard InChI is InChI=1S/C16H22N4O/c1-20(12-5-4-9-17-10-8-12)11-15-18-14-7-3-2-6-13(14)16(21)19-15/h2-3,6-7,12,17H,4-5,8-11H2,1H3,(H,18,19,21). The topological polar surface area (TPSA) is 61.0 Å². The molecule has 0 bridgehead atoms. The number of rotatable bonds is 3. The zero-order valence-electron chi connectivity index (χ0n) is 12.4. The molecule has 1 atom stereocenters. The molecule has 0 saturated carbocycles. The van der Waals surface area contributed by atoms with Gasteiger partial charge in [-0.25, -0.2) is 4.98 Å². The Morgan fingerprint density at radius 3 is 3.05 bits per heavy atom. The van der Waals surface area contributed by atoms with E-state index in [1.165, 1.54) is 12.8 Å². The van der Waals surface area contributed by atoms with E-state index in [1.54, 1.807) is 0 Å². The van der Waals surface area contributed by atoms with Gasteiger partial charge in [0.2, 0.25) is 0 Å². The van der Waals surface area contributed by atoms with Crippen LogP contribution in [0.1, 0.15) is 25.1 Å². The molecule has 2 aromatic rings. The van der Waals surface area contributed by atoms with Crippen molar-refractivity contribution in [3.8, 4) is 0 Å². The van der Waals surface area contributed by atoms with Gasteiger partial charge < -0.3 is 10.3 Å². The quantitative estimate of drug-likeness (QED) is 0.897. The summed E-state index contributed by atoms with van der Waals surface area (Å²) in [6.45, 7) is 2.86. The van der Waals surface area contributed by atoms with Crippen LogP contribution in [0.25, 0.3) is 10.9 Å². The summed E-state index contributed by atoms with van der Waals surface area (Å²) in [7, 11) is 2.12. The minimum absolute atomic E-state index is 0.0495. The van der Waals surface area contributed by atoms with Gasteiger partial charge in [0.25, 0.3) is 5.56 Å². The Kier molecular flexibility index (Phi) is 4.31. The summed E-state index contributed by atoms with van der Waals surface area (Å²) in [5.41, 5.74) is 0.721. The summed E-state index contributed by atoms with van der Waals surface area (Å²) in [5, 5.41) is 4.08. The van der Waals surface area contributed by atoms with E-state index >= 15 is 0 Å². The van der Waals surface area contributed by atoms with Crippen LogP contribution in [0.5, 0.6) is 0 Å². The number of benzene rings is 1. The van der Waals surface area contributed by atoms with Gasteiger partial charge in [-0.2, -0.15) is 0 Å². The van der Waals surface area contributed by atoms with Crippen LogP contribution in [0.4, 0.5) is 0 Å². The molecule has 2 heterocycles. The number of fused-ring (bicyclic) bond motifs is 1. The smallest absolute Gasteiger partial charge is 0.258 e. The molecule has 1 fully saturated rings. The van der Waals surface area contributed by atoms with Gasteiger partial charge in [-0.1, -0.05) is 12.1 Å². The van der Waals surface area contributed by atoms with Gasteiger partial charge in [0.15, 0.2) is 0 Å². The van der Waals surface area contributed by atoms with Crippen molar-refractivity contribution in [3.05, 3.63) is 40.4 Å². The lowest BCUT2D eigenvalue weighted by Crippen LogP contribution is -2.33. The monoisotopic (exact) mass is 286 g/mol. The van der Waals surface area contributed by atoms with Gasteiger partial charge in [-0.05, 0) is 51.5 Å². The first-order valence-electron chi connectivity index (χ1n) is 7.63. The van der Waals surface area contributed by atoms with Crippen LogP contribution in [-0.2, 0) is 6.54 Å². The van der Waals surface area contributed by atoms with E-state index in [9.17, 15) is 4.79 Å². The van der Waals surface area contributed by atoms with Crippen LogP contribution < -0.4 is 10.9 Å². The van der Waals surface area contributed by atoms with E-state index in [0.717, 1.165) is 30.9 Å². The number of aromatic nitrogens is 2. The predicted octanol–water partition coefficient (Wildman–Crippen LogP) is 1.50. The Morgan fingerprint density at radius 1 is 1.29 bits per heavy atom. The molecular weight excluding hydrogens is 264 g/mol. The Hall–Kier alpha value is -1.72. The third-order valence-corrected chi connectivity index (χ3v) is 4.23. The maximum Gasteiger partial charge on any atom is 0.258 e. The first-order chi connectivity index (χ1) is 10.2. The van der Waals surface area contributed by atoms with E-state index in [2.05, 4.69) is 27.2 Å². The van der Waals surface area contributed by atoms with Crippen molar-refractivity contribution in [2.24, 2.45) is 0 Å². The summed E-state index contributed by atoms with van der Waals surface area (Å²) < 4.78 is 0. The van der Waals surface area contributed by atoms with E-state index in [0.29, 0.717) is 18.0 Å². The summed E-state index contributed by atoms with van der Waals surface area (Å²) >= 11 is 0. The van der Waals surface area contributed by atoms with Gasteiger partial charge in [0, 0.05) is 6.04 Å². The van der Waals surface area contributed by atoms with E-state index in [1.807, 2.05) is 24.3 Å². The molecule has 5 heteroatoms. The van der Waals surface area contributed by atoms with Gasteiger partial charge in [-0.3, -0.25) is 9.69 Å². The maximum atomic E-state index is 12.1. The molecule has 21 heavy (non-hydrogen) atoms. The normalized spacial score (nSPS) is 19.8. The van der Waals surface area contributed by atoms with Crippen LogP contribution in [-0.4, -0.2) is 41.0 Å². The highest BCUT2D eigenvalue weighted by molar-refractivity contribution is 5.77. The van der Waals surface area contributed by atoms with Crippen molar-refractivity contribution in [3.63, 3.8) is 0 Å². The van der Waals surface area contributed by atoms with Gasteiger partial charge >= 0.3 is 0 Å². The van der Waals surface area contributed by atoms with Crippen LogP contribution in [0.2, 0.25) is 0 Å². The fraction of sp³-hybridized carbons (Fsp3) is 0.500. The average molecular weight is 286 g/mol. The lowest BCUT2D eigenvalue weighted by Gasteiger charge is -2.26. The molecule has 1 aromatic carbocycles. The highest BCUT2D eigenvalue weighted by Gasteiger charge is 2.17. The molecule has 3 rings (SSSR count). The predicted molar refractivity (Wildman–Crippen MR) is 84.3 cm³/mol. The highest BCUT2D eigenvalue weighted by atomic mass is 16.1.